The molecule has 0 saturated heterocycles. The standard InChI is InChI=1S/C13H13NO3/c1-3-8-5-4-6-9-11(8)14-7-10(12(9)15)13(16)17-2/h4-7H,3H2,1-2H3,(H,14,15). The van der Waals surface area contributed by atoms with Crippen molar-refractivity contribution in [3.05, 3.63) is 45.7 Å². The van der Waals surface area contributed by atoms with Crippen LogP contribution in [0, 0.1) is 0 Å². The second kappa shape index (κ2) is 4.41. The topological polar surface area (TPSA) is 59.2 Å². The number of fused-ring (bicyclic) bond motifs is 1. The van der Waals surface area contributed by atoms with Crippen molar-refractivity contribution in [2.75, 3.05) is 7.11 Å². The van der Waals surface area contributed by atoms with E-state index in [9.17, 15) is 9.59 Å². The van der Waals surface area contributed by atoms with Crippen molar-refractivity contribution < 1.29 is 9.53 Å². The Hall–Kier alpha value is -2.10. The number of H-pyrrole nitrogens is 1. The highest BCUT2D eigenvalue weighted by Gasteiger charge is 2.13. The van der Waals surface area contributed by atoms with Gasteiger partial charge in [-0.25, -0.2) is 4.79 Å². The molecule has 0 aliphatic rings. The summed E-state index contributed by atoms with van der Waals surface area (Å²) >= 11 is 0. The molecule has 1 N–H and O–H groups in total. The van der Waals surface area contributed by atoms with E-state index in [0.717, 1.165) is 17.5 Å². The Balaban J connectivity index is 2.78. The Kier molecular flexibility index (Phi) is 2.95. The van der Waals surface area contributed by atoms with E-state index in [-0.39, 0.29) is 11.0 Å². The first-order valence-corrected chi connectivity index (χ1v) is 5.40. The number of pyridine rings is 1. The average molecular weight is 231 g/mol. The maximum atomic E-state index is 12.1. The minimum atomic E-state index is -0.616. The molecule has 1 aromatic carbocycles. The molecule has 0 bridgehead atoms. The number of hydrogen-bond donors (Lipinski definition) is 1. The molecule has 0 radical (unpaired) electrons. The van der Waals surface area contributed by atoms with Gasteiger partial charge in [-0.15, -0.1) is 0 Å². The van der Waals surface area contributed by atoms with Crippen LogP contribution in [-0.2, 0) is 11.2 Å². The molecule has 1 aromatic heterocycles. The van der Waals surface area contributed by atoms with Crippen LogP contribution in [0.4, 0.5) is 0 Å². The Labute approximate surface area is 98.2 Å². The third-order valence-electron chi connectivity index (χ3n) is 2.79. The summed E-state index contributed by atoms with van der Waals surface area (Å²) in [5.41, 5.74) is 1.58. The number of benzene rings is 1. The summed E-state index contributed by atoms with van der Waals surface area (Å²) < 4.78 is 4.56. The summed E-state index contributed by atoms with van der Waals surface area (Å²) in [7, 11) is 1.26. The van der Waals surface area contributed by atoms with Crippen molar-refractivity contribution in [1.29, 1.82) is 0 Å². The molecule has 0 aliphatic heterocycles. The van der Waals surface area contributed by atoms with Gasteiger partial charge in [0.15, 0.2) is 0 Å². The van der Waals surface area contributed by atoms with Gasteiger partial charge >= 0.3 is 5.97 Å². The number of esters is 1. The number of hydrogen-bond acceptors (Lipinski definition) is 3. The molecule has 0 atom stereocenters. The van der Waals surface area contributed by atoms with Gasteiger partial charge in [0.05, 0.1) is 12.6 Å². The predicted molar refractivity (Wildman–Crippen MR) is 65.3 cm³/mol. The molecule has 0 spiro atoms. The third-order valence-corrected chi connectivity index (χ3v) is 2.79. The van der Waals surface area contributed by atoms with E-state index in [1.807, 2.05) is 19.1 Å². The van der Waals surface area contributed by atoms with Gasteiger partial charge in [0.1, 0.15) is 5.56 Å². The summed E-state index contributed by atoms with van der Waals surface area (Å²) in [5, 5.41) is 0.521. The van der Waals surface area contributed by atoms with Gasteiger partial charge in [-0.1, -0.05) is 19.1 Å². The highest BCUT2D eigenvalue weighted by atomic mass is 16.5. The molecular weight excluding hydrogens is 218 g/mol. The number of carbonyl (C=O) groups excluding carboxylic acids is 1. The smallest absolute Gasteiger partial charge is 0.343 e. The van der Waals surface area contributed by atoms with Crippen LogP contribution in [0.5, 0.6) is 0 Å². The van der Waals surface area contributed by atoms with Gasteiger partial charge in [-0.3, -0.25) is 4.79 Å². The first-order chi connectivity index (χ1) is 8.19. The minimum absolute atomic E-state index is 0.0354. The third kappa shape index (κ3) is 1.82. The number of nitrogens with one attached hydrogen (secondary N) is 1. The number of carbonyl (C=O) groups is 1. The van der Waals surface area contributed by atoms with Gasteiger partial charge in [-0.2, -0.15) is 0 Å². The lowest BCUT2D eigenvalue weighted by molar-refractivity contribution is 0.0599. The predicted octanol–water partition coefficient (Wildman–Crippen LogP) is 1.88. The number of aromatic nitrogens is 1. The first kappa shape index (κ1) is 11.4. The molecule has 2 rings (SSSR count). The number of para-hydroxylation sites is 1. The lowest BCUT2D eigenvalue weighted by Crippen LogP contribution is -2.17. The molecular formula is C13H13NO3. The van der Waals surface area contributed by atoms with Gasteiger partial charge in [0, 0.05) is 11.6 Å². The summed E-state index contributed by atoms with van der Waals surface area (Å²) in [6, 6.07) is 5.48. The Bertz CT molecular complexity index is 628. The molecule has 88 valence electrons. The molecule has 4 heteroatoms. The first-order valence-electron chi connectivity index (χ1n) is 5.40. The normalized spacial score (nSPS) is 10.5. The minimum Gasteiger partial charge on any atom is -0.465 e. The SMILES string of the molecule is CCc1cccc2c(=O)c(C(=O)OC)c[nH]c12. The molecule has 2 aromatic rings. The largest absolute Gasteiger partial charge is 0.465 e. The fourth-order valence-corrected chi connectivity index (χ4v) is 1.87. The quantitative estimate of drug-likeness (QED) is 0.803. The maximum Gasteiger partial charge on any atom is 0.343 e. The van der Waals surface area contributed by atoms with Crippen LogP contribution >= 0.6 is 0 Å². The lowest BCUT2D eigenvalue weighted by Gasteiger charge is -2.05. The molecule has 0 unspecified atom stereocenters. The molecule has 1 heterocycles. The molecule has 0 amide bonds. The highest BCUT2D eigenvalue weighted by molar-refractivity contribution is 5.94. The van der Waals surface area contributed by atoms with E-state index in [1.165, 1.54) is 13.3 Å². The van der Waals surface area contributed by atoms with Crippen molar-refractivity contribution in [2.24, 2.45) is 0 Å². The van der Waals surface area contributed by atoms with Crippen LogP contribution < -0.4 is 5.43 Å². The van der Waals surface area contributed by atoms with E-state index >= 15 is 0 Å². The lowest BCUT2D eigenvalue weighted by atomic mass is 10.1. The fourth-order valence-electron chi connectivity index (χ4n) is 1.87. The van der Waals surface area contributed by atoms with E-state index in [1.54, 1.807) is 6.07 Å². The summed E-state index contributed by atoms with van der Waals surface area (Å²) in [5.74, 6) is -0.616. The zero-order valence-electron chi connectivity index (χ0n) is 9.74. The maximum absolute atomic E-state index is 12.1. The van der Waals surface area contributed by atoms with E-state index in [4.69, 9.17) is 0 Å². The number of rotatable bonds is 2. The second-order valence-electron chi connectivity index (χ2n) is 3.72. The van der Waals surface area contributed by atoms with Crippen LogP contribution in [-0.4, -0.2) is 18.1 Å². The van der Waals surface area contributed by atoms with Crippen LogP contribution in [0.2, 0.25) is 0 Å². The van der Waals surface area contributed by atoms with Gasteiger partial charge in [-0.05, 0) is 18.1 Å². The van der Waals surface area contributed by atoms with E-state index < -0.39 is 5.97 Å². The number of ether oxygens (including phenoxy) is 1. The van der Waals surface area contributed by atoms with Crippen LogP contribution in [0.3, 0.4) is 0 Å². The van der Waals surface area contributed by atoms with Gasteiger partial charge < -0.3 is 9.72 Å². The van der Waals surface area contributed by atoms with E-state index in [0.29, 0.717) is 5.39 Å². The fraction of sp³-hybridized carbons (Fsp3) is 0.231. The average Bonchev–Trinajstić information content (AvgIpc) is 2.38. The molecule has 0 fully saturated rings. The van der Waals surface area contributed by atoms with Crippen molar-refractivity contribution in [3.8, 4) is 0 Å². The Morgan fingerprint density at radius 2 is 2.18 bits per heavy atom. The summed E-state index contributed by atoms with van der Waals surface area (Å²) in [6.45, 7) is 2.02. The molecule has 17 heavy (non-hydrogen) atoms. The zero-order valence-corrected chi connectivity index (χ0v) is 9.74. The van der Waals surface area contributed by atoms with Crippen molar-refractivity contribution in [1.82, 2.24) is 4.98 Å². The van der Waals surface area contributed by atoms with Crippen molar-refractivity contribution >= 4 is 16.9 Å². The number of aryl methyl sites for hydroxylation is 1. The van der Waals surface area contributed by atoms with Crippen molar-refractivity contribution in [3.63, 3.8) is 0 Å². The molecule has 4 nitrogen and oxygen atoms in total. The summed E-state index contributed by atoms with van der Waals surface area (Å²) in [6.07, 6.45) is 2.24. The Morgan fingerprint density at radius 3 is 2.82 bits per heavy atom. The van der Waals surface area contributed by atoms with Crippen LogP contribution in [0.1, 0.15) is 22.8 Å². The van der Waals surface area contributed by atoms with Crippen LogP contribution in [0.15, 0.2) is 29.2 Å². The van der Waals surface area contributed by atoms with Crippen LogP contribution in [0.25, 0.3) is 10.9 Å². The second-order valence-corrected chi connectivity index (χ2v) is 3.72. The number of methoxy groups -OCH3 is 1. The molecule has 0 aliphatic carbocycles. The monoisotopic (exact) mass is 231 g/mol. The number of aromatic amines is 1. The van der Waals surface area contributed by atoms with Gasteiger partial charge in [0.25, 0.3) is 0 Å². The van der Waals surface area contributed by atoms with E-state index in [2.05, 4.69) is 9.72 Å². The summed E-state index contributed by atoms with van der Waals surface area (Å²) in [4.78, 5) is 26.5. The van der Waals surface area contributed by atoms with Crippen molar-refractivity contribution in [2.45, 2.75) is 13.3 Å². The molecule has 0 saturated carbocycles. The zero-order chi connectivity index (χ0) is 12.4. The van der Waals surface area contributed by atoms with Gasteiger partial charge in [0.2, 0.25) is 5.43 Å². The Morgan fingerprint density at radius 1 is 1.41 bits per heavy atom. The highest BCUT2D eigenvalue weighted by Crippen LogP contribution is 2.14.